The van der Waals surface area contributed by atoms with Crippen LogP contribution >= 0.6 is 36.2 Å². The number of thiazole rings is 1. The van der Waals surface area contributed by atoms with Crippen molar-refractivity contribution in [2.24, 2.45) is 11.7 Å². The lowest BCUT2D eigenvalue weighted by Gasteiger charge is -2.30. The predicted octanol–water partition coefficient (Wildman–Crippen LogP) is 2.54. The van der Waals surface area contributed by atoms with Crippen LogP contribution in [0.15, 0.2) is 11.6 Å². The van der Waals surface area contributed by atoms with Crippen molar-refractivity contribution in [1.29, 1.82) is 0 Å². The predicted molar refractivity (Wildman–Crippen MR) is 100.0 cm³/mol. The molecule has 2 heterocycles. The van der Waals surface area contributed by atoms with Crippen LogP contribution in [0.25, 0.3) is 0 Å². The minimum absolute atomic E-state index is 0. The Morgan fingerprint density at radius 3 is 2.70 bits per heavy atom. The van der Waals surface area contributed by atoms with Gasteiger partial charge < -0.3 is 15.5 Å². The molecule has 0 radical (unpaired) electrons. The standard InChI is InChI=1S/C15H24N4OS.2ClH/c16-13-4-1-3-12(11-13)14(20)18-6-2-7-19(9-8-18)15-17-5-10-21-15;;/h5,10,12-13H,1-4,6-9,11,16H2;2*1H. The maximum atomic E-state index is 12.7. The van der Waals surface area contributed by atoms with Crippen LogP contribution in [0.3, 0.4) is 0 Å². The van der Waals surface area contributed by atoms with Gasteiger partial charge in [0.15, 0.2) is 5.13 Å². The number of amides is 1. The van der Waals surface area contributed by atoms with Crippen molar-refractivity contribution >= 4 is 47.2 Å². The van der Waals surface area contributed by atoms with Crippen molar-refractivity contribution in [1.82, 2.24) is 9.88 Å². The number of hydrogen-bond donors (Lipinski definition) is 1. The van der Waals surface area contributed by atoms with E-state index in [2.05, 4.69) is 14.8 Å². The van der Waals surface area contributed by atoms with E-state index in [0.29, 0.717) is 5.91 Å². The zero-order valence-electron chi connectivity index (χ0n) is 13.2. The molecule has 1 saturated heterocycles. The van der Waals surface area contributed by atoms with Gasteiger partial charge in [-0.05, 0) is 25.7 Å². The van der Waals surface area contributed by atoms with E-state index >= 15 is 0 Å². The Morgan fingerprint density at radius 2 is 2.00 bits per heavy atom. The zero-order chi connectivity index (χ0) is 14.7. The van der Waals surface area contributed by atoms with Crippen molar-refractivity contribution in [2.45, 2.75) is 38.1 Å². The Hall–Kier alpha value is -0.560. The number of hydrogen-bond acceptors (Lipinski definition) is 5. The fourth-order valence-electron chi connectivity index (χ4n) is 3.41. The lowest BCUT2D eigenvalue weighted by molar-refractivity contribution is -0.136. The summed E-state index contributed by atoms with van der Waals surface area (Å²) < 4.78 is 0. The van der Waals surface area contributed by atoms with Gasteiger partial charge in [0.05, 0.1) is 0 Å². The van der Waals surface area contributed by atoms with E-state index in [0.717, 1.165) is 63.4 Å². The molecular formula is C15H26Cl2N4OS. The summed E-state index contributed by atoms with van der Waals surface area (Å²) in [6.07, 6.45) is 6.91. The Balaban J connectivity index is 0.00000132. The van der Waals surface area contributed by atoms with Crippen molar-refractivity contribution in [3.05, 3.63) is 11.6 Å². The smallest absolute Gasteiger partial charge is 0.225 e. The van der Waals surface area contributed by atoms with E-state index in [-0.39, 0.29) is 36.8 Å². The molecule has 0 bridgehead atoms. The fraction of sp³-hybridized carbons (Fsp3) is 0.733. The summed E-state index contributed by atoms with van der Waals surface area (Å²) >= 11 is 1.67. The van der Waals surface area contributed by atoms with Gasteiger partial charge in [-0.1, -0.05) is 6.42 Å². The first-order valence-corrected chi connectivity index (χ1v) is 8.81. The van der Waals surface area contributed by atoms with Crippen molar-refractivity contribution < 1.29 is 4.79 Å². The minimum atomic E-state index is 0. The number of anilines is 1. The summed E-state index contributed by atoms with van der Waals surface area (Å²) in [4.78, 5) is 21.4. The molecule has 23 heavy (non-hydrogen) atoms. The monoisotopic (exact) mass is 380 g/mol. The number of nitrogens with two attached hydrogens (primary N) is 1. The lowest BCUT2D eigenvalue weighted by atomic mass is 9.85. The maximum Gasteiger partial charge on any atom is 0.225 e. The molecule has 1 aliphatic carbocycles. The van der Waals surface area contributed by atoms with Crippen molar-refractivity contribution in [3.63, 3.8) is 0 Å². The molecule has 8 heteroatoms. The van der Waals surface area contributed by atoms with Gasteiger partial charge in [-0.25, -0.2) is 4.98 Å². The first-order chi connectivity index (χ1) is 10.2. The highest BCUT2D eigenvalue weighted by molar-refractivity contribution is 7.13. The summed E-state index contributed by atoms with van der Waals surface area (Å²) in [5.41, 5.74) is 6.02. The van der Waals surface area contributed by atoms with E-state index in [1.54, 1.807) is 11.3 Å². The average molecular weight is 381 g/mol. The number of nitrogens with zero attached hydrogens (tertiary/aromatic N) is 3. The van der Waals surface area contributed by atoms with Crippen LogP contribution in [0.1, 0.15) is 32.1 Å². The Labute approximate surface area is 154 Å². The molecule has 3 rings (SSSR count). The molecule has 1 saturated carbocycles. The normalized spacial score (nSPS) is 25.1. The quantitative estimate of drug-likeness (QED) is 0.855. The number of rotatable bonds is 2. The second-order valence-corrected chi connectivity index (χ2v) is 6.98. The molecule has 0 aromatic carbocycles. The van der Waals surface area contributed by atoms with Crippen LogP contribution in [-0.4, -0.2) is 48.0 Å². The fourth-order valence-corrected chi connectivity index (χ4v) is 4.11. The van der Waals surface area contributed by atoms with E-state index in [1.165, 1.54) is 0 Å². The van der Waals surface area contributed by atoms with Crippen molar-refractivity contribution in [3.8, 4) is 0 Å². The Kier molecular flexibility index (Phi) is 8.61. The summed E-state index contributed by atoms with van der Waals surface area (Å²) in [6, 6.07) is 0.214. The molecule has 2 aliphatic rings. The molecule has 2 N–H and O–H groups in total. The van der Waals surface area contributed by atoms with Crippen LogP contribution in [0.2, 0.25) is 0 Å². The molecular weight excluding hydrogens is 355 g/mol. The number of aromatic nitrogens is 1. The van der Waals surface area contributed by atoms with E-state index in [4.69, 9.17) is 5.73 Å². The SMILES string of the molecule is Cl.Cl.NC1CCCC(C(=O)N2CCCN(c3nccs3)CC2)C1. The van der Waals surface area contributed by atoms with Gasteiger partial charge in [0.2, 0.25) is 5.91 Å². The lowest BCUT2D eigenvalue weighted by Crippen LogP contribution is -2.42. The first-order valence-electron chi connectivity index (χ1n) is 7.93. The van der Waals surface area contributed by atoms with Crippen molar-refractivity contribution in [2.75, 3.05) is 31.1 Å². The molecule has 2 unspecified atom stereocenters. The first kappa shape index (κ1) is 20.5. The largest absolute Gasteiger partial charge is 0.346 e. The van der Waals surface area contributed by atoms with Crippen LogP contribution in [0, 0.1) is 5.92 Å². The van der Waals surface area contributed by atoms with Crippen LogP contribution in [-0.2, 0) is 4.79 Å². The highest BCUT2D eigenvalue weighted by atomic mass is 35.5. The molecule has 132 valence electrons. The van der Waals surface area contributed by atoms with E-state index < -0.39 is 0 Å². The number of carbonyl (C=O) groups excluding carboxylic acids is 1. The minimum Gasteiger partial charge on any atom is -0.346 e. The highest BCUT2D eigenvalue weighted by Crippen LogP contribution is 2.26. The van der Waals surface area contributed by atoms with Gasteiger partial charge in [0.25, 0.3) is 0 Å². The molecule has 2 fully saturated rings. The summed E-state index contributed by atoms with van der Waals surface area (Å²) in [6.45, 7) is 3.55. The molecule has 1 aliphatic heterocycles. The molecule has 1 aromatic rings. The van der Waals surface area contributed by atoms with Crippen LogP contribution < -0.4 is 10.6 Å². The van der Waals surface area contributed by atoms with Gasteiger partial charge >= 0.3 is 0 Å². The Morgan fingerprint density at radius 1 is 1.17 bits per heavy atom. The van der Waals surface area contributed by atoms with Gasteiger partial charge in [0.1, 0.15) is 0 Å². The zero-order valence-corrected chi connectivity index (χ0v) is 15.7. The van der Waals surface area contributed by atoms with Crippen LogP contribution in [0.5, 0.6) is 0 Å². The molecule has 1 aromatic heterocycles. The number of carbonyl (C=O) groups is 1. The van der Waals surface area contributed by atoms with E-state index in [1.807, 2.05) is 11.6 Å². The van der Waals surface area contributed by atoms with Gasteiger partial charge in [-0.2, -0.15) is 0 Å². The molecule has 1 amide bonds. The summed E-state index contributed by atoms with van der Waals surface area (Å²) in [5, 5.41) is 3.08. The second-order valence-electron chi connectivity index (χ2n) is 6.10. The summed E-state index contributed by atoms with van der Waals surface area (Å²) in [5.74, 6) is 0.478. The summed E-state index contributed by atoms with van der Waals surface area (Å²) in [7, 11) is 0. The van der Waals surface area contributed by atoms with Crippen LogP contribution in [0.4, 0.5) is 5.13 Å². The maximum absolute atomic E-state index is 12.7. The molecule has 2 atom stereocenters. The second kappa shape index (κ2) is 9.67. The number of halogens is 2. The third-order valence-corrected chi connectivity index (χ3v) is 5.39. The third kappa shape index (κ3) is 5.21. The highest BCUT2D eigenvalue weighted by Gasteiger charge is 2.30. The van der Waals surface area contributed by atoms with Gasteiger partial charge in [-0.3, -0.25) is 4.79 Å². The third-order valence-electron chi connectivity index (χ3n) is 4.56. The molecule has 0 spiro atoms. The van der Waals surface area contributed by atoms with Gasteiger partial charge in [0, 0.05) is 49.7 Å². The molecule has 5 nitrogen and oxygen atoms in total. The van der Waals surface area contributed by atoms with Gasteiger partial charge in [-0.15, -0.1) is 36.2 Å². The van der Waals surface area contributed by atoms with E-state index in [9.17, 15) is 4.79 Å². The average Bonchev–Trinajstić information content (AvgIpc) is 2.91. The Bertz CT molecular complexity index is 474. The topological polar surface area (TPSA) is 62.5 Å².